The van der Waals surface area contributed by atoms with Crippen molar-refractivity contribution in [2.75, 3.05) is 7.11 Å². The maximum atomic E-state index is 12.3. The molecule has 7 heteroatoms. The number of carbonyl (C=O) groups excluding carboxylic acids is 2. The minimum Gasteiger partial charge on any atom is -0.467 e. The number of alkyl halides is 3. The molecule has 1 aromatic rings. The van der Waals surface area contributed by atoms with Crippen molar-refractivity contribution >= 4 is 11.9 Å². The Morgan fingerprint density at radius 2 is 1.74 bits per heavy atom. The summed E-state index contributed by atoms with van der Waals surface area (Å²) in [5, 5.41) is 2.31. The molecule has 0 saturated heterocycles. The van der Waals surface area contributed by atoms with Crippen LogP contribution >= 0.6 is 0 Å². The summed E-state index contributed by atoms with van der Waals surface area (Å²) in [4.78, 5) is 22.7. The molecule has 0 spiro atoms. The molecule has 0 radical (unpaired) electrons. The zero-order valence-corrected chi connectivity index (χ0v) is 10.2. The summed E-state index contributed by atoms with van der Waals surface area (Å²) in [6, 6.07) is 2.82. The first-order valence-corrected chi connectivity index (χ1v) is 5.31. The lowest BCUT2D eigenvalue weighted by molar-refractivity contribution is -0.142. The zero-order chi connectivity index (χ0) is 14.6. The van der Waals surface area contributed by atoms with Gasteiger partial charge in [0.15, 0.2) is 0 Å². The molecule has 0 fully saturated rings. The Bertz CT molecular complexity index is 468. The summed E-state index contributed by atoms with van der Waals surface area (Å²) in [6.45, 7) is 1.41. The molecule has 1 amide bonds. The van der Waals surface area contributed by atoms with Gasteiger partial charge in [-0.15, -0.1) is 0 Å². The summed E-state index contributed by atoms with van der Waals surface area (Å²) >= 11 is 0. The van der Waals surface area contributed by atoms with Crippen LogP contribution in [0, 0.1) is 0 Å². The van der Waals surface area contributed by atoms with Gasteiger partial charge in [-0.1, -0.05) is 0 Å². The maximum absolute atomic E-state index is 12.3. The first-order valence-electron chi connectivity index (χ1n) is 5.31. The van der Waals surface area contributed by atoms with Crippen LogP contribution in [0.1, 0.15) is 22.8 Å². The second-order valence-corrected chi connectivity index (χ2v) is 3.79. The van der Waals surface area contributed by atoms with Crippen LogP contribution in [-0.2, 0) is 15.7 Å². The summed E-state index contributed by atoms with van der Waals surface area (Å²) in [7, 11) is 1.17. The molecule has 19 heavy (non-hydrogen) atoms. The predicted molar refractivity (Wildman–Crippen MR) is 60.4 cm³/mol. The number of methoxy groups -OCH3 is 1. The van der Waals surface area contributed by atoms with E-state index in [1.807, 2.05) is 0 Å². The fourth-order valence-electron chi connectivity index (χ4n) is 1.33. The van der Waals surface area contributed by atoms with Gasteiger partial charge in [-0.2, -0.15) is 13.2 Å². The van der Waals surface area contributed by atoms with Crippen molar-refractivity contribution in [1.82, 2.24) is 5.32 Å². The Morgan fingerprint density at radius 1 is 1.21 bits per heavy atom. The van der Waals surface area contributed by atoms with Gasteiger partial charge in [-0.3, -0.25) is 4.79 Å². The van der Waals surface area contributed by atoms with E-state index < -0.39 is 29.7 Å². The molecule has 0 saturated carbocycles. The number of nitrogens with one attached hydrogen (secondary N) is 1. The highest BCUT2D eigenvalue weighted by Gasteiger charge is 2.30. The average Bonchev–Trinajstić information content (AvgIpc) is 2.36. The number of ether oxygens (including phenoxy) is 1. The van der Waals surface area contributed by atoms with Crippen LogP contribution in [0.4, 0.5) is 13.2 Å². The van der Waals surface area contributed by atoms with Crippen molar-refractivity contribution in [3.63, 3.8) is 0 Å². The number of rotatable bonds is 3. The third kappa shape index (κ3) is 3.97. The fourth-order valence-corrected chi connectivity index (χ4v) is 1.33. The Hall–Kier alpha value is -2.05. The molecule has 1 N–H and O–H groups in total. The highest BCUT2D eigenvalue weighted by molar-refractivity contribution is 5.96. The van der Waals surface area contributed by atoms with E-state index in [1.165, 1.54) is 14.0 Å². The van der Waals surface area contributed by atoms with Gasteiger partial charge < -0.3 is 10.1 Å². The summed E-state index contributed by atoms with van der Waals surface area (Å²) in [5.41, 5.74) is -0.811. The molecule has 0 aliphatic carbocycles. The van der Waals surface area contributed by atoms with Gasteiger partial charge in [0.1, 0.15) is 6.04 Å². The zero-order valence-electron chi connectivity index (χ0n) is 10.2. The number of hydrogen-bond donors (Lipinski definition) is 1. The summed E-state index contributed by atoms with van der Waals surface area (Å²) in [6.07, 6.45) is -4.45. The van der Waals surface area contributed by atoms with Gasteiger partial charge in [-0.25, -0.2) is 4.79 Å². The Labute approximate surface area is 107 Å². The SMILES string of the molecule is COC(=O)[C@@H](C)NC(=O)c1ccc(C(F)(F)F)cc1. The Kier molecular flexibility index (Phi) is 4.52. The third-order valence-corrected chi connectivity index (χ3v) is 2.38. The highest BCUT2D eigenvalue weighted by atomic mass is 19.4. The minimum absolute atomic E-state index is 0.0313. The molecule has 4 nitrogen and oxygen atoms in total. The van der Waals surface area contributed by atoms with Crippen molar-refractivity contribution in [3.05, 3.63) is 35.4 Å². The van der Waals surface area contributed by atoms with Gasteiger partial charge in [0.05, 0.1) is 12.7 Å². The first kappa shape index (κ1) is 15.0. The summed E-state index contributed by atoms with van der Waals surface area (Å²) in [5.74, 6) is -1.29. The van der Waals surface area contributed by atoms with Crippen molar-refractivity contribution in [2.45, 2.75) is 19.1 Å². The molecule has 1 rings (SSSR count). The van der Waals surface area contributed by atoms with Crippen molar-refractivity contribution in [2.24, 2.45) is 0 Å². The molecular formula is C12H12F3NO3. The van der Waals surface area contributed by atoms with Gasteiger partial charge in [-0.05, 0) is 31.2 Å². The standard InChI is InChI=1S/C12H12F3NO3/c1-7(11(18)19-2)16-10(17)8-3-5-9(6-4-8)12(13,14)15/h3-7H,1-2H3,(H,16,17)/t7-/m1/s1. The molecule has 1 aromatic carbocycles. The van der Waals surface area contributed by atoms with Gasteiger partial charge in [0.2, 0.25) is 0 Å². The number of halogens is 3. The van der Waals surface area contributed by atoms with Gasteiger partial charge in [0.25, 0.3) is 5.91 Å². The van der Waals surface area contributed by atoms with Crippen LogP contribution < -0.4 is 5.32 Å². The number of esters is 1. The van der Waals surface area contributed by atoms with E-state index in [-0.39, 0.29) is 5.56 Å². The fraction of sp³-hybridized carbons (Fsp3) is 0.333. The lowest BCUT2D eigenvalue weighted by Gasteiger charge is -2.12. The molecule has 0 heterocycles. The van der Waals surface area contributed by atoms with Crippen LogP contribution in [-0.4, -0.2) is 25.0 Å². The van der Waals surface area contributed by atoms with Crippen LogP contribution in [0.25, 0.3) is 0 Å². The van der Waals surface area contributed by atoms with E-state index in [4.69, 9.17) is 0 Å². The average molecular weight is 275 g/mol. The van der Waals surface area contributed by atoms with Crippen molar-refractivity contribution in [1.29, 1.82) is 0 Å². The van der Waals surface area contributed by atoms with Gasteiger partial charge in [0, 0.05) is 5.56 Å². The Balaban J connectivity index is 2.76. The maximum Gasteiger partial charge on any atom is 0.416 e. The van der Waals surface area contributed by atoms with Crippen LogP contribution in [0.5, 0.6) is 0 Å². The van der Waals surface area contributed by atoms with E-state index in [1.54, 1.807) is 0 Å². The molecule has 1 atom stereocenters. The van der Waals surface area contributed by atoms with E-state index in [9.17, 15) is 22.8 Å². The largest absolute Gasteiger partial charge is 0.467 e. The van der Waals surface area contributed by atoms with E-state index >= 15 is 0 Å². The lowest BCUT2D eigenvalue weighted by Crippen LogP contribution is -2.39. The number of carbonyl (C=O) groups is 2. The van der Waals surface area contributed by atoms with E-state index in [0.717, 1.165) is 24.3 Å². The molecule has 0 bridgehead atoms. The second kappa shape index (κ2) is 5.73. The van der Waals surface area contributed by atoms with Crippen molar-refractivity contribution in [3.8, 4) is 0 Å². The number of hydrogen-bond acceptors (Lipinski definition) is 3. The highest BCUT2D eigenvalue weighted by Crippen LogP contribution is 2.29. The smallest absolute Gasteiger partial charge is 0.416 e. The molecular weight excluding hydrogens is 263 g/mol. The lowest BCUT2D eigenvalue weighted by atomic mass is 10.1. The Morgan fingerprint density at radius 3 is 2.16 bits per heavy atom. The number of amides is 1. The van der Waals surface area contributed by atoms with E-state index in [0.29, 0.717) is 0 Å². The molecule has 104 valence electrons. The van der Waals surface area contributed by atoms with Crippen LogP contribution in [0.2, 0.25) is 0 Å². The number of benzene rings is 1. The molecule has 0 unspecified atom stereocenters. The van der Waals surface area contributed by atoms with Crippen molar-refractivity contribution < 1.29 is 27.5 Å². The van der Waals surface area contributed by atoms with Gasteiger partial charge >= 0.3 is 12.1 Å². The molecule has 0 aromatic heterocycles. The predicted octanol–water partition coefficient (Wildman–Crippen LogP) is 2.00. The third-order valence-electron chi connectivity index (χ3n) is 2.38. The summed E-state index contributed by atoms with van der Waals surface area (Å²) < 4.78 is 41.4. The molecule has 0 aliphatic heterocycles. The first-order chi connectivity index (χ1) is 8.75. The minimum atomic E-state index is -4.45. The molecule has 0 aliphatic rings. The normalized spacial score (nSPS) is 12.7. The quantitative estimate of drug-likeness (QED) is 0.858. The van der Waals surface area contributed by atoms with E-state index in [2.05, 4.69) is 10.1 Å². The van der Waals surface area contributed by atoms with Crippen LogP contribution in [0.15, 0.2) is 24.3 Å². The monoisotopic (exact) mass is 275 g/mol. The van der Waals surface area contributed by atoms with Crippen LogP contribution in [0.3, 0.4) is 0 Å². The second-order valence-electron chi connectivity index (χ2n) is 3.79. The topological polar surface area (TPSA) is 55.4 Å².